The lowest BCUT2D eigenvalue weighted by molar-refractivity contribution is 1.13. The number of fused-ring (bicyclic) bond motifs is 1. The lowest BCUT2D eigenvalue weighted by atomic mass is 9.93. The van der Waals surface area contributed by atoms with Crippen molar-refractivity contribution in [2.75, 3.05) is 0 Å². The quantitative estimate of drug-likeness (QED) is 0.735. The van der Waals surface area contributed by atoms with Crippen molar-refractivity contribution in [2.45, 2.75) is 13.8 Å². The number of pyridine rings is 1. The first-order chi connectivity index (χ1) is 10.1. The molecule has 0 spiro atoms. The van der Waals surface area contributed by atoms with E-state index in [1.54, 1.807) is 0 Å². The van der Waals surface area contributed by atoms with E-state index in [1.165, 1.54) is 5.56 Å². The van der Waals surface area contributed by atoms with E-state index >= 15 is 0 Å². The molecule has 21 heavy (non-hydrogen) atoms. The van der Waals surface area contributed by atoms with Crippen LogP contribution in [0.1, 0.15) is 16.8 Å². The second-order valence-electron chi connectivity index (χ2n) is 5.16. The van der Waals surface area contributed by atoms with Crippen LogP contribution in [0.5, 0.6) is 0 Å². The van der Waals surface area contributed by atoms with E-state index in [4.69, 9.17) is 0 Å². The van der Waals surface area contributed by atoms with Gasteiger partial charge in [0.05, 0.1) is 0 Å². The van der Waals surface area contributed by atoms with Crippen molar-refractivity contribution in [3.63, 3.8) is 0 Å². The highest BCUT2D eigenvalue weighted by Gasteiger charge is 2.13. The maximum absolute atomic E-state index is 12.0. The molecule has 0 saturated heterocycles. The Morgan fingerprint density at radius 2 is 1.71 bits per heavy atom. The molecule has 0 atom stereocenters. The average Bonchev–Trinajstić information content (AvgIpc) is 2.47. The predicted molar refractivity (Wildman–Crippen MR) is 84.2 cm³/mol. The number of aromatic nitrogens is 1. The minimum atomic E-state index is -0.336. The number of aromatic amines is 1. The Balaban J connectivity index is 2.45. The normalized spacial score (nSPS) is 10.5. The highest BCUT2D eigenvalue weighted by Crippen LogP contribution is 2.31. The van der Waals surface area contributed by atoms with Gasteiger partial charge in [0.1, 0.15) is 11.6 Å². The Labute approximate surface area is 122 Å². The Kier molecular flexibility index (Phi) is 3.08. The molecule has 102 valence electrons. The van der Waals surface area contributed by atoms with E-state index < -0.39 is 0 Å². The number of aryl methyl sites for hydroxylation is 2. The lowest BCUT2D eigenvalue weighted by Crippen LogP contribution is -2.12. The number of hydrogen-bond donors (Lipinski definition) is 1. The number of hydrogen-bond acceptors (Lipinski definition) is 2. The molecule has 0 bridgehead atoms. The molecule has 1 N–H and O–H groups in total. The summed E-state index contributed by atoms with van der Waals surface area (Å²) >= 11 is 0. The molecule has 2 aromatic carbocycles. The molecular weight excluding hydrogens is 260 g/mol. The Hall–Kier alpha value is -2.86. The fraction of sp³-hybridized carbons (Fsp3) is 0.111. The summed E-state index contributed by atoms with van der Waals surface area (Å²) in [7, 11) is 0. The third kappa shape index (κ3) is 2.11. The van der Waals surface area contributed by atoms with Crippen LogP contribution in [0.2, 0.25) is 0 Å². The zero-order chi connectivity index (χ0) is 15.0. The van der Waals surface area contributed by atoms with Gasteiger partial charge in [-0.2, -0.15) is 5.26 Å². The first-order valence-electron chi connectivity index (χ1n) is 6.74. The molecule has 3 rings (SSSR count). The van der Waals surface area contributed by atoms with E-state index in [0.29, 0.717) is 5.56 Å². The number of rotatable bonds is 1. The van der Waals surface area contributed by atoms with Crippen molar-refractivity contribution in [1.29, 1.82) is 5.26 Å². The van der Waals surface area contributed by atoms with E-state index in [0.717, 1.165) is 22.0 Å². The summed E-state index contributed by atoms with van der Waals surface area (Å²) in [6.45, 7) is 3.88. The molecule has 0 amide bonds. The largest absolute Gasteiger partial charge is 0.325 e. The topological polar surface area (TPSA) is 56.6 Å². The number of nitrogens with one attached hydrogen (secondary N) is 1. The van der Waals surface area contributed by atoms with Gasteiger partial charge in [0.25, 0.3) is 5.56 Å². The average molecular weight is 274 g/mol. The predicted octanol–water partition coefficient (Wildman–Crippen LogP) is 3.68. The lowest BCUT2D eigenvalue weighted by Gasteiger charge is -2.11. The van der Waals surface area contributed by atoms with Gasteiger partial charge in [0, 0.05) is 11.3 Å². The molecule has 0 aliphatic heterocycles. The van der Waals surface area contributed by atoms with Crippen LogP contribution in [-0.2, 0) is 0 Å². The Bertz CT molecular complexity index is 946. The fourth-order valence-corrected chi connectivity index (χ4v) is 2.70. The molecule has 1 aromatic heterocycles. The van der Waals surface area contributed by atoms with Crippen molar-refractivity contribution >= 4 is 10.8 Å². The highest BCUT2D eigenvalue weighted by atomic mass is 16.1. The standard InChI is InChI=1S/C18H14N2O/c1-11-7-8-15(14-6-4-3-5-13(11)14)16-9-12(2)20-18(21)17(16)10-19/h3-9H,1-2H3,(H,20,21). The monoisotopic (exact) mass is 274 g/mol. The van der Waals surface area contributed by atoms with E-state index in [2.05, 4.69) is 18.0 Å². The van der Waals surface area contributed by atoms with Gasteiger partial charge in [-0.05, 0) is 41.8 Å². The molecule has 0 aliphatic carbocycles. The third-order valence-electron chi connectivity index (χ3n) is 3.71. The summed E-state index contributed by atoms with van der Waals surface area (Å²) in [5.41, 5.74) is 3.36. The molecule has 0 saturated carbocycles. The van der Waals surface area contributed by atoms with Gasteiger partial charge in [0.2, 0.25) is 0 Å². The maximum Gasteiger partial charge on any atom is 0.266 e. The number of nitrogens with zero attached hydrogens (tertiary/aromatic N) is 1. The summed E-state index contributed by atoms with van der Waals surface area (Å²) < 4.78 is 0. The maximum atomic E-state index is 12.0. The van der Waals surface area contributed by atoms with Crippen LogP contribution in [0.4, 0.5) is 0 Å². The molecule has 0 radical (unpaired) electrons. The van der Waals surface area contributed by atoms with Gasteiger partial charge in [-0.25, -0.2) is 0 Å². The highest BCUT2D eigenvalue weighted by molar-refractivity contribution is 5.99. The first-order valence-corrected chi connectivity index (χ1v) is 6.74. The first kappa shape index (κ1) is 13.1. The smallest absolute Gasteiger partial charge is 0.266 e. The number of benzene rings is 2. The third-order valence-corrected chi connectivity index (χ3v) is 3.71. The van der Waals surface area contributed by atoms with Crippen LogP contribution in [0.15, 0.2) is 47.3 Å². The minimum Gasteiger partial charge on any atom is -0.325 e. The van der Waals surface area contributed by atoms with Crippen LogP contribution < -0.4 is 5.56 Å². The Morgan fingerprint density at radius 3 is 2.43 bits per heavy atom. The van der Waals surface area contributed by atoms with Crippen LogP contribution in [-0.4, -0.2) is 4.98 Å². The molecule has 3 nitrogen and oxygen atoms in total. The SMILES string of the molecule is Cc1cc(-c2ccc(C)c3ccccc23)c(C#N)c(=O)[nH]1. The van der Waals surface area contributed by atoms with Crippen LogP contribution in [0.3, 0.4) is 0 Å². The molecule has 0 unspecified atom stereocenters. The minimum absolute atomic E-state index is 0.162. The zero-order valence-electron chi connectivity index (χ0n) is 11.9. The molecule has 3 aromatic rings. The fourth-order valence-electron chi connectivity index (χ4n) is 2.70. The second kappa shape index (κ2) is 4.92. The van der Waals surface area contributed by atoms with Gasteiger partial charge >= 0.3 is 0 Å². The van der Waals surface area contributed by atoms with E-state index in [-0.39, 0.29) is 11.1 Å². The van der Waals surface area contributed by atoms with Gasteiger partial charge in [-0.1, -0.05) is 36.4 Å². The van der Waals surface area contributed by atoms with Crippen molar-refractivity contribution < 1.29 is 0 Å². The van der Waals surface area contributed by atoms with Crippen molar-refractivity contribution in [3.05, 3.63) is 69.6 Å². The summed E-state index contributed by atoms with van der Waals surface area (Å²) in [6, 6.07) is 15.9. The van der Waals surface area contributed by atoms with Crippen molar-refractivity contribution in [3.8, 4) is 17.2 Å². The van der Waals surface area contributed by atoms with Crippen LogP contribution >= 0.6 is 0 Å². The molecule has 0 aliphatic rings. The van der Waals surface area contributed by atoms with Gasteiger partial charge in [-0.3, -0.25) is 4.79 Å². The van der Waals surface area contributed by atoms with Gasteiger partial charge in [0.15, 0.2) is 0 Å². The second-order valence-corrected chi connectivity index (χ2v) is 5.16. The summed E-state index contributed by atoms with van der Waals surface area (Å²) in [6.07, 6.45) is 0. The molecule has 3 heteroatoms. The van der Waals surface area contributed by atoms with Gasteiger partial charge < -0.3 is 4.98 Å². The van der Waals surface area contributed by atoms with E-state index in [1.807, 2.05) is 49.4 Å². The summed E-state index contributed by atoms with van der Waals surface area (Å²) in [5.74, 6) is 0. The number of H-pyrrole nitrogens is 1. The van der Waals surface area contributed by atoms with Crippen molar-refractivity contribution in [1.82, 2.24) is 4.98 Å². The van der Waals surface area contributed by atoms with Crippen LogP contribution in [0, 0.1) is 25.2 Å². The summed E-state index contributed by atoms with van der Waals surface area (Å²) in [4.78, 5) is 14.7. The van der Waals surface area contributed by atoms with Crippen molar-refractivity contribution in [2.24, 2.45) is 0 Å². The molecule has 1 heterocycles. The van der Waals surface area contributed by atoms with Crippen LogP contribution in [0.25, 0.3) is 21.9 Å². The Morgan fingerprint density at radius 1 is 1.00 bits per heavy atom. The van der Waals surface area contributed by atoms with Gasteiger partial charge in [-0.15, -0.1) is 0 Å². The number of nitriles is 1. The van der Waals surface area contributed by atoms with E-state index in [9.17, 15) is 10.1 Å². The molecule has 0 fully saturated rings. The summed E-state index contributed by atoms with van der Waals surface area (Å²) in [5, 5.41) is 11.5. The molecular formula is C18H14N2O. The zero-order valence-corrected chi connectivity index (χ0v) is 11.9.